The Balaban J connectivity index is -0.000000148. The largest absolute Gasteiger partial charge is 2.00 e. The van der Waals surface area contributed by atoms with Crippen LogP contribution in [0.25, 0.3) is 0 Å². The van der Waals surface area contributed by atoms with Crippen molar-refractivity contribution < 1.29 is 52.0 Å². The number of hydrogen-bond acceptors (Lipinski definition) is 3. The molecule has 0 atom stereocenters. The summed E-state index contributed by atoms with van der Waals surface area (Å²) in [5, 5.41) is 25.6. The molecule has 0 unspecified atom stereocenters. The Morgan fingerprint density at radius 3 is 0.435 bits per heavy atom. The number of aliphatic carboxylic acids is 3. The molecule has 0 saturated heterocycles. The first kappa shape index (κ1) is 71.3. The van der Waals surface area contributed by atoms with Gasteiger partial charge in [-0.25, -0.2) is 0 Å². The summed E-state index contributed by atoms with van der Waals surface area (Å²) in [5.74, 6) is -1.96. The molecule has 3 N–H and O–H groups in total. The van der Waals surface area contributed by atoms with Crippen molar-refractivity contribution in [3.63, 3.8) is 0 Å². The van der Waals surface area contributed by atoms with Gasteiger partial charge < -0.3 is 18.2 Å². The number of rotatable bonds is 48. The molecule has 0 aliphatic heterocycles. The van der Waals surface area contributed by atoms with Crippen molar-refractivity contribution in [3.8, 4) is 0 Å². The molecule has 0 spiro atoms. The summed E-state index contributed by atoms with van der Waals surface area (Å²) in [5.41, 5.74) is 0. The Morgan fingerprint density at radius 2 is 0.339 bits per heavy atom. The van der Waals surface area contributed by atoms with E-state index in [1.165, 1.54) is 250 Å². The maximum atomic E-state index is 10.3. The topological polar surface area (TPSA) is 112 Å². The predicted octanol–water partition coefficient (Wildman–Crippen LogP) is 18.8. The average Bonchev–Trinajstić information content (AvgIpc) is 3.22. The van der Waals surface area contributed by atoms with Crippen molar-refractivity contribution in [2.45, 2.75) is 329 Å². The number of carbonyl (C=O) groups is 3. The zero-order valence-corrected chi connectivity index (χ0v) is 47.6. The molecule has 6 nitrogen and oxygen atoms in total. The standard InChI is InChI=1S/3C18H36O2.Ca.Zn.2H/c3*1-2-3-4-5-6-7-8-9-10-11-12-13-14-15-16-17-18(19)20;;;;/h3*2-17H2,1H3,(H,19,20);;;;/q;;;+2;;2*-1. The fourth-order valence-corrected chi connectivity index (χ4v) is 7.94. The summed E-state index contributed by atoms with van der Waals surface area (Å²) < 4.78 is 0. The summed E-state index contributed by atoms with van der Waals surface area (Å²) in [6, 6.07) is 0. The first-order valence-corrected chi connectivity index (χ1v) is 27.0. The van der Waals surface area contributed by atoms with Crippen molar-refractivity contribution in [1.82, 2.24) is 0 Å². The normalized spacial score (nSPS) is 10.5. The third-order valence-electron chi connectivity index (χ3n) is 12.0. The maximum absolute atomic E-state index is 10.3. The summed E-state index contributed by atoms with van der Waals surface area (Å²) >= 11 is 0. The van der Waals surface area contributed by atoms with E-state index in [9.17, 15) is 14.4 Å². The zero-order chi connectivity index (χ0) is 44.7. The van der Waals surface area contributed by atoms with Gasteiger partial charge in [0.05, 0.1) is 0 Å². The second kappa shape index (κ2) is 67.9. The quantitative estimate of drug-likeness (QED) is 0.0414. The Morgan fingerprint density at radius 1 is 0.242 bits per heavy atom. The van der Waals surface area contributed by atoms with Gasteiger partial charge in [0.1, 0.15) is 0 Å². The van der Waals surface area contributed by atoms with E-state index in [1.807, 2.05) is 0 Å². The van der Waals surface area contributed by atoms with Crippen LogP contribution < -0.4 is 0 Å². The van der Waals surface area contributed by atoms with E-state index in [1.54, 1.807) is 0 Å². The Kier molecular flexibility index (Phi) is 78.1. The second-order valence-electron chi connectivity index (χ2n) is 18.3. The summed E-state index contributed by atoms with van der Waals surface area (Å²) in [6.45, 7) is 6.81. The number of carboxylic acid groups (broad SMARTS) is 3. The van der Waals surface area contributed by atoms with E-state index >= 15 is 0 Å². The van der Waals surface area contributed by atoms with Crippen LogP contribution in [0.15, 0.2) is 0 Å². The molecule has 62 heavy (non-hydrogen) atoms. The minimum Gasteiger partial charge on any atom is -1.00 e. The Bertz CT molecular complexity index is 737. The molecule has 366 valence electrons. The van der Waals surface area contributed by atoms with Gasteiger partial charge in [0.2, 0.25) is 0 Å². The minimum absolute atomic E-state index is 0. The monoisotopic (exact) mass is 959 g/mol. The fourth-order valence-electron chi connectivity index (χ4n) is 7.94. The number of hydrogen-bond donors (Lipinski definition) is 3. The van der Waals surface area contributed by atoms with Crippen LogP contribution in [0, 0.1) is 0 Å². The van der Waals surface area contributed by atoms with Gasteiger partial charge in [-0.1, -0.05) is 290 Å². The van der Waals surface area contributed by atoms with Crippen LogP contribution in [0.1, 0.15) is 332 Å². The first-order valence-electron chi connectivity index (χ1n) is 27.0. The van der Waals surface area contributed by atoms with Gasteiger partial charge in [0.25, 0.3) is 0 Å². The molecule has 0 saturated carbocycles. The van der Waals surface area contributed by atoms with Crippen LogP contribution in [-0.4, -0.2) is 71.0 Å². The summed E-state index contributed by atoms with van der Waals surface area (Å²) in [6.07, 6.45) is 60.6. The predicted molar refractivity (Wildman–Crippen MR) is 270 cm³/mol. The van der Waals surface area contributed by atoms with E-state index < -0.39 is 17.9 Å². The van der Waals surface area contributed by atoms with Gasteiger partial charge in [-0.05, 0) is 19.3 Å². The molecule has 0 amide bonds. The average molecular weight is 961 g/mol. The molecular weight excluding hydrogens is 850 g/mol. The summed E-state index contributed by atoms with van der Waals surface area (Å²) in [7, 11) is 0. The van der Waals surface area contributed by atoms with Crippen LogP contribution in [0.4, 0.5) is 0 Å². The molecule has 0 rings (SSSR count). The van der Waals surface area contributed by atoms with Gasteiger partial charge >= 0.3 is 55.6 Å². The zero-order valence-electron chi connectivity index (χ0n) is 44.4. The molecule has 8 heteroatoms. The van der Waals surface area contributed by atoms with Gasteiger partial charge in [-0.15, -0.1) is 0 Å². The molecule has 0 aliphatic carbocycles. The van der Waals surface area contributed by atoms with Crippen molar-refractivity contribution in [2.75, 3.05) is 0 Å². The van der Waals surface area contributed by atoms with E-state index in [2.05, 4.69) is 20.8 Å². The molecule has 0 aromatic heterocycles. The first-order chi connectivity index (χ1) is 29.3. The van der Waals surface area contributed by atoms with Crippen molar-refractivity contribution >= 4 is 55.6 Å². The van der Waals surface area contributed by atoms with Crippen LogP contribution in [0.3, 0.4) is 0 Å². The molecule has 0 bridgehead atoms. The van der Waals surface area contributed by atoms with E-state index in [-0.39, 0.29) is 60.1 Å². The third kappa shape index (κ3) is 80.6. The van der Waals surface area contributed by atoms with Gasteiger partial charge in [0, 0.05) is 38.7 Å². The Labute approximate surface area is 433 Å². The van der Waals surface area contributed by atoms with Gasteiger partial charge in [-0.3, -0.25) is 14.4 Å². The second-order valence-corrected chi connectivity index (χ2v) is 18.3. The minimum atomic E-state index is -0.653. The molecule has 0 radical (unpaired) electrons. The molecule has 0 aliphatic rings. The van der Waals surface area contributed by atoms with Gasteiger partial charge in [0.15, 0.2) is 0 Å². The van der Waals surface area contributed by atoms with E-state index in [0.29, 0.717) is 19.3 Å². The third-order valence-corrected chi connectivity index (χ3v) is 12.0. The SMILES string of the molecule is CCCCCCCCCCCCCCCCCC(=O)O.CCCCCCCCCCCCCCCCCC(=O)O.CCCCCCCCCCCCCCCCCC(=O)O.[Ca+2].[H-].[H-].[Zn]. The maximum Gasteiger partial charge on any atom is 2.00 e. The van der Waals surface area contributed by atoms with Crippen molar-refractivity contribution in [3.05, 3.63) is 0 Å². The van der Waals surface area contributed by atoms with E-state index in [0.717, 1.165) is 38.5 Å². The fraction of sp³-hybridized carbons (Fsp3) is 0.944. The molecule has 0 aromatic carbocycles. The van der Waals surface area contributed by atoms with Crippen molar-refractivity contribution in [2.24, 2.45) is 0 Å². The summed E-state index contributed by atoms with van der Waals surface area (Å²) in [4.78, 5) is 31.0. The smallest absolute Gasteiger partial charge is 1.00 e. The van der Waals surface area contributed by atoms with Crippen LogP contribution in [0.5, 0.6) is 0 Å². The molecule has 0 aromatic rings. The molecular formula is C54H110CaO6Zn. The van der Waals surface area contributed by atoms with Crippen LogP contribution in [-0.2, 0) is 33.9 Å². The number of unbranched alkanes of at least 4 members (excludes halogenated alkanes) is 42. The van der Waals surface area contributed by atoms with Crippen LogP contribution in [0.2, 0.25) is 0 Å². The molecule has 0 fully saturated rings. The van der Waals surface area contributed by atoms with Crippen molar-refractivity contribution in [1.29, 1.82) is 0 Å². The van der Waals surface area contributed by atoms with Crippen LogP contribution >= 0.6 is 0 Å². The Hall–Kier alpha value is 0.293. The number of carboxylic acids is 3. The van der Waals surface area contributed by atoms with E-state index in [4.69, 9.17) is 15.3 Å². The molecule has 0 heterocycles. The van der Waals surface area contributed by atoms with Gasteiger partial charge in [-0.2, -0.15) is 0 Å².